The summed E-state index contributed by atoms with van der Waals surface area (Å²) in [7, 11) is -1.61. The van der Waals surface area contributed by atoms with Crippen LogP contribution in [0.3, 0.4) is 0 Å². The lowest BCUT2D eigenvalue weighted by molar-refractivity contribution is 0.148. The minimum absolute atomic E-state index is 0.323. The molecular formula is C16H35IOSi. The van der Waals surface area contributed by atoms with Crippen molar-refractivity contribution in [2.75, 3.05) is 4.43 Å². The molecule has 0 saturated heterocycles. The van der Waals surface area contributed by atoms with Crippen molar-refractivity contribution >= 4 is 30.9 Å². The summed E-state index contributed by atoms with van der Waals surface area (Å²) in [6, 6.07) is 0. The van der Waals surface area contributed by atoms with Gasteiger partial charge in [-0.1, -0.05) is 76.5 Å². The predicted molar refractivity (Wildman–Crippen MR) is 98.9 cm³/mol. The second-order valence-electron chi connectivity index (χ2n) is 7.46. The summed E-state index contributed by atoms with van der Waals surface area (Å²) < 4.78 is 7.83. The van der Waals surface area contributed by atoms with Gasteiger partial charge in [-0.2, -0.15) is 0 Å². The molecule has 2 atom stereocenters. The fraction of sp³-hybridized carbons (Fsp3) is 1.00. The smallest absolute Gasteiger partial charge is 0.192 e. The Morgan fingerprint density at radius 2 is 1.74 bits per heavy atom. The predicted octanol–water partition coefficient (Wildman–Crippen LogP) is 6.42. The molecule has 19 heavy (non-hydrogen) atoms. The van der Waals surface area contributed by atoms with Gasteiger partial charge in [-0.05, 0) is 36.9 Å². The lowest BCUT2D eigenvalue weighted by atomic mass is 9.97. The molecule has 0 rings (SSSR count). The fourth-order valence-electron chi connectivity index (χ4n) is 2.06. The molecule has 0 bridgehead atoms. The highest BCUT2D eigenvalue weighted by atomic mass is 127. The van der Waals surface area contributed by atoms with Gasteiger partial charge >= 0.3 is 0 Å². The first-order chi connectivity index (χ1) is 8.64. The minimum Gasteiger partial charge on any atom is -0.414 e. The molecule has 0 amide bonds. The topological polar surface area (TPSA) is 9.23 Å². The monoisotopic (exact) mass is 398 g/mol. The molecule has 3 heteroatoms. The maximum absolute atomic E-state index is 6.63. The lowest BCUT2D eigenvalue weighted by Gasteiger charge is -2.40. The summed E-state index contributed by atoms with van der Waals surface area (Å²) in [6.45, 7) is 16.4. The molecular weight excluding hydrogens is 363 g/mol. The normalized spacial score (nSPS) is 16.4. The highest BCUT2D eigenvalue weighted by molar-refractivity contribution is 14.1. The fourth-order valence-corrected chi connectivity index (χ4v) is 4.15. The van der Waals surface area contributed by atoms with E-state index in [4.69, 9.17) is 4.43 Å². The van der Waals surface area contributed by atoms with Crippen molar-refractivity contribution in [1.29, 1.82) is 0 Å². The van der Waals surface area contributed by atoms with Crippen LogP contribution in [0.5, 0.6) is 0 Å². The van der Waals surface area contributed by atoms with E-state index in [2.05, 4.69) is 70.3 Å². The molecule has 116 valence electrons. The Kier molecular flexibility index (Phi) is 9.46. The van der Waals surface area contributed by atoms with Crippen LogP contribution >= 0.6 is 22.6 Å². The van der Waals surface area contributed by atoms with E-state index >= 15 is 0 Å². The van der Waals surface area contributed by atoms with Crippen LogP contribution in [0, 0.1) is 5.92 Å². The van der Waals surface area contributed by atoms with Gasteiger partial charge in [0.1, 0.15) is 0 Å². The van der Waals surface area contributed by atoms with Gasteiger partial charge < -0.3 is 4.43 Å². The molecule has 0 aromatic carbocycles. The number of alkyl halides is 1. The molecule has 0 heterocycles. The minimum atomic E-state index is -1.61. The number of rotatable bonds is 9. The molecule has 0 radical (unpaired) electrons. The van der Waals surface area contributed by atoms with Crippen LogP contribution in [0.2, 0.25) is 18.1 Å². The van der Waals surface area contributed by atoms with E-state index in [0.717, 1.165) is 5.92 Å². The first-order valence-corrected chi connectivity index (χ1v) is 12.3. The summed E-state index contributed by atoms with van der Waals surface area (Å²) in [5.41, 5.74) is 0. The zero-order valence-corrected chi connectivity index (χ0v) is 17.3. The Morgan fingerprint density at radius 3 is 2.16 bits per heavy atom. The Labute approximate surface area is 136 Å². The van der Waals surface area contributed by atoms with E-state index in [9.17, 15) is 0 Å². The SMILES string of the molecule is CCCC[C@H](C)C[C@@H](CCI)O[Si](C)(C)C(C)(C)C. The van der Waals surface area contributed by atoms with Crippen molar-refractivity contribution in [3.8, 4) is 0 Å². The van der Waals surface area contributed by atoms with Crippen LogP contribution in [0.15, 0.2) is 0 Å². The highest BCUT2D eigenvalue weighted by Crippen LogP contribution is 2.38. The van der Waals surface area contributed by atoms with Gasteiger partial charge in [0.2, 0.25) is 0 Å². The molecule has 0 aromatic heterocycles. The Hall–Kier alpha value is 0.907. The Balaban J connectivity index is 4.48. The third-order valence-corrected chi connectivity index (χ3v) is 9.57. The van der Waals surface area contributed by atoms with Gasteiger partial charge in [-0.15, -0.1) is 0 Å². The first kappa shape index (κ1) is 19.9. The van der Waals surface area contributed by atoms with Gasteiger partial charge in [-0.3, -0.25) is 0 Å². The second kappa shape index (κ2) is 9.03. The Morgan fingerprint density at radius 1 is 1.16 bits per heavy atom. The quantitative estimate of drug-likeness (QED) is 0.247. The van der Waals surface area contributed by atoms with Crippen molar-refractivity contribution in [2.24, 2.45) is 5.92 Å². The molecule has 0 saturated carbocycles. The van der Waals surface area contributed by atoms with E-state index in [1.165, 1.54) is 36.5 Å². The van der Waals surface area contributed by atoms with Crippen molar-refractivity contribution in [3.63, 3.8) is 0 Å². The van der Waals surface area contributed by atoms with E-state index in [-0.39, 0.29) is 0 Å². The van der Waals surface area contributed by atoms with Gasteiger partial charge in [0.25, 0.3) is 0 Å². The number of hydrogen-bond acceptors (Lipinski definition) is 1. The van der Waals surface area contributed by atoms with Gasteiger partial charge in [0, 0.05) is 10.5 Å². The molecule has 0 aliphatic heterocycles. The van der Waals surface area contributed by atoms with Crippen LogP contribution in [-0.4, -0.2) is 18.8 Å². The third-order valence-electron chi connectivity index (χ3n) is 4.41. The largest absolute Gasteiger partial charge is 0.414 e. The van der Waals surface area contributed by atoms with Crippen molar-refractivity contribution in [3.05, 3.63) is 0 Å². The standard InChI is InChI=1S/C16H35IOSi/c1-8-9-10-14(2)13-15(11-12-17)18-19(6,7)16(3,4)5/h14-15H,8-13H2,1-7H3/t14-,15+/m0/s1. The van der Waals surface area contributed by atoms with Gasteiger partial charge in [0.15, 0.2) is 8.32 Å². The molecule has 0 N–H and O–H groups in total. The summed E-state index contributed by atoms with van der Waals surface area (Å²) >= 11 is 2.49. The van der Waals surface area contributed by atoms with E-state index in [1.54, 1.807) is 0 Å². The van der Waals surface area contributed by atoms with E-state index in [1.807, 2.05) is 0 Å². The molecule has 0 aliphatic rings. The highest BCUT2D eigenvalue weighted by Gasteiger charge is 2.39. The molecule has 0 unspecified atom stereocenters. The zero-order valence-electron chi connectivity index (χ0n) is 14.2. The summed E-state index contributed by atoms with van der Waals surface area (Å²) in [5.74, 6) is 0.803. The van der Waals surface area contributed by atoms with Crippen LogP contribution < -0.4 is 0 Å². The maximum atomic E-state index is 6.63. The lowest BCUT2D eigenvalue weighted by Crippen LogP contribution is -2.44. The average Bonchev–Trinajstić information content (AvgIpc) is 2.24. The Bertz CT molecular complexity index is 235. The van der Waals surface area contributed by atoms with Crippen LogP contribution in [0.4, 0.5) is 0 Å². The molecule has 1 nitrogen and oxygen atoms in total. The van der Waals surface area contributed by atoms with Crippen molar-refractivity contribution < 1.29 is 4.43 Å². The van der Waals surface area contributed by atoms with Crippen molar-refractivity contribution in [2.45, 2.75) is 91.0 Å². The summed E-state index contributed by atoms with van der Waals surface area (Å²) in [6.07, 6.45) is 6.96. The third kappa shape index (κ3) is 8.05. The maximum Gasteiger partial charge on any atom is 0.192 e. The molecule has 0 aliphatic carbocycles. The summed E-state index contributed by atoms with van der Waals surface area (Å²) in [4.78, 5) is 0. The second-order valence-corrected chi connectivity index (χ2v) is 13.3. The molecule has 0 aromatic rings. The van der Waals surface area contributed by atoms with Crippen molar-refractivity contribution in [1.82, 2.24) is 0 Å². The van der Waals surface area contributed by atoms with Gasteiger partial charge in [-0.25, -0.2) is 0 Å². The summed E-state index contributed by atoms with van der Waals surface area (Å²) in [5, 5.41) is 0.323. The van der Waals surface area contributed by atoms with Crippen LogP contribution in [-0.2, 0) is 4.43 Å². The zero-order chi connectivity index (χ0) is 15.1. The van der Waals surface area contributed by atoms with Crippen LogP contribution in [0.1, 0.15) is 66.7 Å². The van der Waals surface area contributed by atoms with Gasteiger partial charge in [0.05, 0.1) is 0 Å². The van der Waals surface area contributed by atoms with E-state index < -0.39 is 8.32 Å². The number of hydrogen-bond donors (Lipinski definition) is 0. The first-order valence-electron chi connectivity index (χ1n) is 7.87. The number of unbranched alkanes of at least 4 members (excludes halogenated alkanes) is 1. The number of halogens is 1. The van der Waals surface area contributed by atoms with Crippen LogP contribution in [0.25, 0.3) is 0 Å². The van der Waals surface area contributed by atoms with E-state index in [0.29, 0.717) is 11.1 Å². The molecule has 0 fully saturated rings. The average molecular weight is 398 g/mol. The molecule has 0 spiro atoms.